The fraction of sp³-hybridized carbons (Fsp3) is 0.231. The number of halogens is 1. The standard InChI is InChI=1S/C13H12BrNO/c1-9(2)13(16)11(8-15)7-10-3-5-12(14)6-4-10/h3-7,9H,1-2H3/b11-7-. The molecule has 0 radical (unpaired) electrons. The van der Waals surface area contributed by atoms with Gasteiger partial charge in [0, 0.05) is 10.4 Å². The Kier molecular flexibility index (Phi) is 4.45. The Labute approximate surface area is 104 Å². The molecule has 1 aromatic rings. The quantitative estimate of drug-likeness (QED) is 0.626. The van der Waals surface area contributed by atoms with E-state index >= 15 is 0 Å². The van der Waals surface area contributed by atoms with E-state index < -0.39 is 0 Å². The molecular weight excluding hydrogens is 266 g/mol. The van der Waals surface area contributed by atoms with Crippen molar-refractivity contribution in [3.63, 3.8) is 0 Å². The van der Waals surface area contributed by atoms with Gasteiger partial charge in [0.25, 0.3) is 0 Å². The molecule has 1 rings (SSSR count). The van der Waals surface area contributed by atoms with Gasteiger partial charge in [0.05, 0.1) is 5.57 Å². The van der Waals surface area contributed by atoms with Crippen LogP contribution in [0.3, 0.4) is 0 Å². The van der Waals surface area contributed by atoms with Gasteiger partial charge < -0.3 is 0 Å². The first-order valence-corrected chi connectivity index (χ1v) is 5.75. The topological polar surface area (TPSA) is 40.9 Å². The summed E-state index contributed by atoms with van der Waals surface area (Å²) in [6.07, 6.45) is 1.62. The van der Waals surface area contributed by atoms with Crippen molar-refractivity contribution in [1.82, 2.24) is 0 Å². The average Bonchev–Trinajstić information content (AvgIpc) is 2.27. The van der Waals surface area contributed by atoms with Crippen molar-refractivity contribution >= 4 is 27.8 Å². The number of carbonyl (C=O) groups excluding carboxylic acids is 1. The van der Waals surface area contributed by atoms with Crippen LogP contribution in [-0.4, -0.2) is 5.78 Å². The van der Waals surface area contributed by atoms with Gasteiger partial charge in [-0.2, -0.15) is 5.26 Å². The minimum absolute atomic E-state index is 0.120. The van der Waals surface area contributed by atoms with Crippen LogP contribution < -0.4 is 0 Å². The van der Waals surface area contributed by atoms with Crippen molar-refractivity contribution < 1.29 is 4.79 Å². The van der Waals surface area contributed by atoms with Gasteiger partial charge in [-0.1, -0.05) is 41.9 Å². The molecule has 2 nitrogen and oxygen atoms in total. The Hall–Kier alpha value is -1.40. The van der Waals surface area contributed by atoms with Crippen molar-refractivity contribution in [2.45, 2.75) is 13.8 Å². The summed E-state index contributed by atoms with van der Waals surface area (Å²) in [6.45, 7) is 3.57. The maximum atomic E-state index is 11.6. The molecule has 3 heteroatoms. The molecule has 16 heavy (non-hydrogen) atoms. The van der Waals surface area contributed by atoms with E-state index in [-0.39, 0.29) is 17.3 Å². The molecule has 0 fully saturated rings. The van der Waals surface area contributed by atoms with E-state index in [1.807, 2.05) is 30.3 Å². The smallest absolute Gasteiger partial charge is 0.175 e. The summed E-state index contributed by atoms with van der Waals surface area (Å²) in [7, 11) is 0. The van der Waals surface area contributed by atoms with Crippen molar-refractivity contribution in [3.8, 4) is 6.07 Å². The Morgan fingerprint density at radius 1 is 1.38 bits per heavy atom. The first kappa shape index (κ1) is 12.7. The van der Waals surface area contributed by atoms with Crippen LogP contribution in [0.4, 0.5) is 0 Å². The molecule has 0 unspecified atom stereocenters. The number of benzene rings is 1. The van der Waals surface area contributed by atoms with E-state index in [0.29, 0.717) is 0 Å². The predicted molar refractivity (Wildman–Crippen MR) is 67.6 cm³/mol. The fourth-order valence-electron chi connectivity index (χ4n) is 1.20. The minimum atomic E-state index is -0.152. The van der Waals surface area contributed by atoms with Crippen molar-refractivity contribution in [2.24, 2.45) is 5.92 Å². The van der Waals surface area contributed by atoms with E-state index in [2.05, 4.69) is 15.9 Å². The average molecular weight is 278 g/mol. The fourth-order valence-corrected chi connectivity index (χ4v) is 1.46. The predicted octanol–water partition coefficient (Wildman–Crippen LogP) is 3.58. The Morgan fingerprint density at radius 2 is 1.94 bits per heavy atom. The largest absolute Gasteiger partial charge is 0.293 e. The molecule has 1 aromatic carbocycles. The zero-order valence-corrected chi connectivity index (χ0v) is 10.8. The van der Waals surface area contributed by atoms with Crippen LogP contribution in [0, 0.1) is 17.2 Å². The lowest BCUT2D eigenvalue weighted by Crippen LogP contribution is -2.08. The number of hydrogen-bond donors (Lipinski definition) is 0. The van der Waals surface area contributed by atoms with Gasteiger partial charge in [0.2, 0.25) is 0 Å². The molecule has 0 aromatic heterocycles. The highest BCUT2D eigenvalue weighted by Gasteiger charge is 2.12. The van der Waals surface area contributed by atoms with Crippen molar-refractivity contribution in [1.29, 1.82) is 5.26 Å². The molecule has 82 valence electrons. The Morgan fingerprint density at radius 3 is 2.38 bits per heavy atom. The van der Waals surface area contributed by atoms with Gasteiger partial charge in [0.15, 0.2) is 5.78 Å². The molecular formula is C13H12BrNO. The molecule has 0 atom stereocenters. The summed E-state index contributed by atoms with van der Waals surface area (Å²) >= 11 is 3.33. The lowest BCUT2D eigenvalue weighted by atomic mass is 10.00. The van der Waals surface area contributed by atoms with Crippen LogP contribution in [-0.2, 0) is 4.79 Å². The highest BCUT2D eigenvalue weighted by Crippen LogP contribution is 2.14. The molecule has 0 N–H and O–H groups in total. The number of nitriles is 1. The number of Topliss-reactive ketones (excluding diaryl/α,β-unsaturated/α-hetero) is 1. The summed E-state index contributed by atoms with van der Waals surface area (Å²) in [5.41, 5.74) is 1.06. The van der Waals surface area contributed by atoms with Crippen LogP contribution in [0.25, 0.3) is 6.08 Å². The Bertz CT molecular complexity index is 452. The first-order chi connectivity index (χ1) is 7.54. The molecule has 0 saturated carbocycles. The number of hydrogen-bond acceptors (Lipinski definition) is 2. The lowest BCUT2D eigenvalue weighted by molar-refractivity contribution is -0.117. The monoisotopic (exact) mass is 277 g/mol. The van der Waals surface area contributed by atoms with E-state index in [1.165, 1.54) is 0 Å². The molecule has 0 heterocycles. The number of nitrogens with zero attached hydrogens (tertiary/aromatic N) is 1. The van der Waals surface area contributed by atoms with Gasteiger partial charge in [-0.3, -0.25) is 4.79 Å². The third-order valence-corrected chi connectivity index (χ3v) is 2.62. The first-order valence-electron chi connectivity index (χ1n) is 4.96. The van der Waals surface area contributed by atoms with E-state index in [0.717, 1.165) is 10.0 Å². The second kappa shape index (κ2) is 5.62. The van der Waals surface area contributed by atoms with Crippen LogP contribution in [0.1, 0.15) is 19.4 Å². The summed E-state index contributed by atoms with van der Waals surface area (Å²) in [4.78, 5) is 11.6. The SMILES string of the molecule is CC(C)C(=O)/C(C#N)=C\c1ccc(Br)cc1. The zero-order valence-electron chi connectivity index (χ0n) is 9.20. The zero-order chi connectivity index (χ0) is 12.1. The van der Waals surface area contributed by atoms with E-state index in [4.69, 9.17) is 5.26 Å². The molecule has 0 aliphatic rings. The Balaban J connectivity index is 3.02. The molecule has 0 aliphatic carbocycles. The third-order valence-electron chi connectivity index (χ3n) is 2.09. The van der Waals surface area contributed by atoms with Gasteiger partial charge >= 0.3 is 0 Å². The van der Waals surface area contributed by atoms with Crippen LogP contribution in [0.2, 0.25) is 0 Å². The number of rotatable bonds is 3. The summed E-state index contributed by atoms with van der Waals surface area (Å²) in [5, 5.41) is 8.91. The minimum Gasteiger partial charge on any atom is -0.293 e. The molecule has 0 aliphatic heterocycles. The van der Waals surface area contributed by atoms with Gasteiger partial charge in [-0.05, 0) is 23.8 Å². The van der Waals surface area contributed by atoms with Crippen molar-refractivity contribution in [2.75, 3.05) is 0 Å². The van der Waals surface area contributed by atoms with Crippen LogP contribution >= 0.6 is 15.9 Å². The van der Waals surface area contributed by atoms with Gasteiger partial charge in [-0.15, -0.1) is 0 Å². The molecule has 0 amide bonds. The van der Waals surface area contributed by atoms with E-state index in [9.17, 15) is 4.79 Å². The summed E-state index contributed by atoms with van der Waals surface area (Å²) in [6, 6.07) is 9.41. The highest BCUT2D eigenvalue weighted by atomic mass is 79.9. The summed E-state index contributed by atoms with van der Waals surface area (Å²) in [5.74, 6) is -0.272. The molecule has 0 bridgehead atoms. The highest BCUT2D eigenvalue weighted by molar-refractivity contribution is 9.10. The maximum Gasteiger partial charge on any atom is 0.175 e. The molecule has 0 saturated heterocycles. The molecule has 0 spiro atoms. The van der Waals surface area contributed by atoms with Crippen molar-refractivity contribution in [3.05, 3.63) is 39.9 Å². The number of carbonyl (C=O) groups is 1. The van der Waals surface area contributed by atoms with E-state index in [1.54, 1.807) is 19.9 Å². The second-order valence-corrected chi connectivity index (χ2v) is 4.66. The maximum absolute atomic E-state index is 11.6. The van der Waals surface area contributed by atoms with Gasteiger partial charge in [0.1, 0.15) is 6.07 Å². The number of ketones is 1. The van der Waals surface area contributed by atoms with Gasteiger partial charge in [-0.25, -0.2) is 0 Å². The lowest BCUT2D eigenvalue weighted by Gasteiger charge is -2.02. The van der Waals surface area contributed by atoms with Crippen LogP contribution in [0.15, 0.2) is 34.3 Å². The third kappa shape index (κ3) is 3.32. The number of allylic oxidation sites excluding steroid dienone is 1. The second-order valence-electron chi connectivity index (χ2n) is 3.74. The normalized spacial score (nSPS) is 11.3. The summed E-state index contributed by atoms with van der Waals surface area (Å²) < 4.78 is 0.971. The van der Waals surface area contributed by atoms with Crippen LogP contribution in [0.5, 0.6) is 0 Å².